The van der Waals surface area contributed by atoms with Gasteiger partial charge in [-0.15, -0.1) is 5.10 Å². The fourth-order valence-corrected chi connectivity index (χ4v) is 3.92. The Labute approximate surface area is 181 Å². The Morgan fingerprint density at radius 2 is 2.13 bits per heavy atom. The number of pyridine rings is 1. The predicted molar refractivity (Wildman–Crippen MR) is 110 cm³/mol. The molecule has 1 aliphatic heterocycles. The van der Waals surface area contributed by atoms with Crippen LogP contribution in [0.1, 0.15) is 26.1 Å². The fourth-order valence-electron chi connectivity index (χ4n) is 3.77. The number of likely N-dealkylation sites (N-methyl/N-ethyl adjacent to an activating group) is 1. The normalized spacial score (nSPS) is 19.2. The highest BCUT2D eigenvalue weighted by Gasteiger charge is 2.36. The highest BCUT2D eigenvalue weighted by atomic mass is 35.5. The van der Waals surface area contributed by atoms with E-state index in [1.165, 1.54) is 28.9 Å². The van der Waals surface area contributed by atoms with Crippen molar-refractivity contribution in [3.8, 4) is 5.82 Å². The van der Waals surface area contributed by atoms with Crippen molar-refractivity contribution in [2.45, 2.75) is 38.3 Å². The van der Waals surface area contributed by atoms with Crippen molar-refractivity contribution in [1.29, 1.82) is 0 Å². The molecule has 9 nitrogen and oxygen atoms in total. The minimum atomic E-state index is -3.21. The maximum Gasteiger partial charge on any atom is 0.407 e. The first kappa shape index (κ1) is 21.2. The molecule has 164 valence electrons. The van der Waals surface area contributed by atoms with E-state index in [1.54, 1.807) is 12.3 Å². The Morgan fingerprint density at radius 3 is 2.81 bits per heavy atom. The second-order valence-electron chi connectivity index (χ2n) is 7.67. The molecule has 0 radical (unpaired) electrons. The minimum absolute atomic E-state index is 0.00466. The van der Waals surface area contributed by atoms with Gasteiger partial charge in [0.05, 0.1) is 16.9 Å². The lowest BCUT2D eigenvalue weighted by Gasteiger charge is -2.23. The van der Waals surface area contributed by atoms with Gasteiger partial charge in [0.25, 0.3) is 0 Å². The van der Waals surface area contributed by atoms with Gasteiger partial charge in [0, 0.05) is 51.1 Å². The van der Waals surface area contributed by atoms with Crippen molar-refractivity contribution >= 4 is 34.4 Å². The molecule has 1 amide bonds. The van der Waals surface area contributed by atoms with Crippen LogP contribution in [-0.2, 0) is 5.92 Å². The molecule has 0 saturated carbocycles. The summed E-state index contributed by atoms with van der Waals surface area (Å²) in [5.74, 6) is -3.11. The second kappa shape index (κ2) is 7.56. The molecule has 2 unspecified atom stereocenters. The van der Waals surface area contributed by atoms with Gasteiger partial charge in [-0.3, -0.25) is 0 Å². The van der Waals surface area contributed by atoms with E-state index < -0.39 is 17.8 Å². The van der Waals surface area contributed by atoms with Gasteiger partial charge in [0.15, 0.2) is 11.6 Å². The van der Waals surface area contributed by atoms with E-state index in [0.717, 1.165) is 6.92 Å². The average Bonchev–Trinajstić information content (AvgIpc) is 3.26. The van der Waals surface area contributed by atoms with Crippen LogP contribution >= 0.6 is 11.6 Å². The molecule has 12 heteroatoms. The Hall–Kier alpha value is -3.08. The molecule has 0 aliphatic carbocycles. The summed E-state index contributed by atoms with van der Waals surface area (Å²) in [6.45, 7) is 3.13. The molecule has 2 atom stereocenters. The SMILES string of the molecule is CC1CC(N(C)C(=O)O)CN1c1nn(-c2ccnc(C(C)(F)F)n2)c2cc(Cl)ncc12. The van der Waals surface area contributed by atoms with E-state index in [2.05, 4.69) is 20.1 Å². The second-order valence-corrected chi connectivity index (χ2v) is 8.06. The standard InChI is InChI=1S/C19H20ClF2N7O2/c1-10-6-11(27(3)18(30)31)9-28(10)16-12-8-24-14(20)7-13(12)29(26-16)15-4-5-23-17(25-15)19(2,21)22/h4-5,7-8,10-11H,6,9H2,1-3H3,(H,30,31). The summed E-state index contributed by atoms with van der Waals surface area (Å²) in [6, 6.07) is 2.85. The first-order valence-electron chi connectivity index (χ1n) is 9.54. The number of alkyl halides is 2. The number of anilines is 1. The zero-order chi connectivity index (χ0) is 22.5. The van der Waals surface area contributed by atoms with Crippen LogP contribution in [0.5, 0.6) is 0 Å². The summed E-state index contributed by atoms with van der Waals surface area (Å²) < 4.78 is 29.0. The number of halogens is 3. The van der Waals surface area contributed by atoms with Crippen molar-refractivity contribution in [3.05, 3.63) is 35.5 Å². The van der Waals surface area contributed by atoms with Crippen molar-refractivity contribution in [2.24, 2.45) is 0 Å². The van der Waals surface area contributed by atoms with E-state index in [0.29, 0.717) is 29.7 Å². The maximum absolute atomic E-state index is 13.8. The lowest BCUT2D eigenvalue weighted by atomic mass is 10.2. The monoisotopic (exact) mass is 451 g/mol. The topological polar surface area (TPSA) is 100 Å². The van der Waals surface area contributed by atoms with Crippen LogP contribution in [0.15, 0.2) is 24.5 Å². The van der Waals surface area contributed by atoms with E-state index in [1.807, 2.05) is 11.8 Å². The van der Waals surface area contributed by atoms with Crippen LogP contribution in [0.4, 0.5) is 19.4 Å². The van der Waals surface area contributed by atoms with E-state index in [9.17, 15) is 18.7 Å². The van der Waals surface area contributed by atoms with Gasteiger partial charge in [0.2, 0.25) is 5.82 Å². The van der Waals surface area contributed by atoms with Crippen LogP contribution in [0.2, 0.25) is 5.15 Å². The number of rotatable bonds is 4. The quantitative estimate of drug-likeness (QED) is 0.605. The number of hydrogen-bond acceptors (Lipinski definition) is 6. The number of carboxylic acid groups (broad SMARTS) is 1. The molecule has 0 bridgehead atoms. The Bertz CT molecular complexity index is 1150. The van der Waals surface area contributed by atoms with E-state index in [4.69, 9.17) is 11.6 Å². The predicted octanol–water partition coefficient (Wildman–Crippen LogP) is 3.55. The van der Waals surface area contributed by atoms with Gasteiger partial charge in [-0.25, -0.2) is 24.4 Å². The van der Waals surface area contributed by atoms with Gasteiger partial charge in [-0.1, -0.05) is 11.6 Å². The van der Waals surface area contributed by atoms with Crippen LogP contribution in [0.25, 0.3) is 16.7 Å². The number of carbonyl (C=O) groups is 1. The molecular formula is C19H20ClF2N7O2. The Balaban J connectivity index is 1.82. The van der Waals surface area contributed by atoms with Crippen molar-refractivity contribution in [3.63, 3.8) is 0 Å². The van der Waals surface area contributed by atoms with Crippen LogP contribution in [-0.4, -0.2) is 66.5 Å². The molecule has 1 fully saturated rings. The third-order valence-electron chi connectivity index (χ3n) is 5.44. The summed E-state index contributed by atoms with van der Waals surface area (Å²) in [4.78, 5) is 26.4. The number of nitrogens with zero attached hydrogens (tertiary/aromatic N) is 7. The number of hydrogen-bond donors (Lipinski definition) is 1. The number of amides is 1. The van der Waals surface area contributed by atoms with Crippen molar-refractivity contribution < 1.29 is 18.7 Å². The van der Waals surface area contributed by atoms with Crippen LogP contribution < -0.4 is 4.90 Å². The maximum atomic E-state index is 13.8. The third-order valence-corrected chi connectivity index (χ3v) is 5.64. The molecule has 3 aromatic rings. The number of fused-ring (bicyclic) bond motifs is 1. The highest BCUT2D eigenvalue weighted by molar-refractivity contribution is 6.30. The van der Waals surface area contributed by atoms with Gasteiger partial charge in [-0.05, 0) is 13.3 Å². The van der Waals surface area contributed by atoms with E-state index >= 15 is 0 Å². The molecule has 4 rings (SSSR count). The first-order chi connectivity index (χ1) is 14.6. The molecule has 4 heterocycles. The summed E-state index contributed by atoms with van der Waals surface area (Å²) in [7, 11) is 1.54. The lowest BCUT2D eigenvalue weighted by Crippen LogP contribution is -2.38. The van der Waals surface area contributed by atoms with E-state index in [-0.39, 0.29) is 23.1 Å². The summed E-state index contributed by atoms with van der Waals surface area (Å²) >= 11 is 6.09. The Kier molecular flexibility index (Phi) is 5.16. The third kappa shape index (κ3) is 3.85. The Morgan fingerprint density at radius 1 is 1.39 bits per heavy atom. The summed E-state index contributed by atoms with van der Waals surface area (Å²) in [5, 5.41) is 14.8. The molecule has 1 aliphatic rings. The molecule has 1 N–H and O–H groups in total. The zero-order valence-corrected chi connectivity index (χ0v) is 17.8. The van der Waals surface area contributed by atoms with Gasteiger partial charge >= 0.3 is 12.0 Å². The molecule has 31 heavy (non-hydrogen) atoms. The molecular weight excluding hydrogens is 432 g/mol. The van der Waals surface area contributed by atoms with Gasteiger partial charge < -0.3 is 14.9 Å². The summed E-state index contributed by atoms with van der Waals surface area (Å²) in [5.41, 5.74) is 0.543. The summed E-state index contributed by atoms with van der Waals surface area (Å²) in [6.07, 6.45) is 2.43. The minimum Gasteiger partial charge on any atom is -0.465 e. The molecule has 0 spiro atoms. The highest BCUT2D eigenvalue weighted by Crippen LogP contribution is 2.34. The van der Waals surface area contributed by atoms with Crippen molar-refractivity contribution in [1.82, 2.24) is 29.6 Å². The largest absolute Gasteiger partial charge is 0.465 e. The molecule has 0 aromatic carbocycles. The van der Waals surface area contributed by atoms with Gasteiger partial charge in [-0.2, -0.15) is 8.78 Å². The van der Waals surface area contributed by atoms with Crippen LogP contribution in [0, 0.1) is 0 Å². The number of aromatic nitrogens is 5. The zero-order valence-electron chi connectivity index (χ0n) is 17.0. The first-order valence-corrected chi connectivity index (χ1v) is 9.92. The van der Waals surface area contributed by atoms with Crippen LogP contribution in [0.3, 0.4) is 0 Å². The van der Waals surface area contributed by atoms with Gasteiger partial charge in [0.1, 0.15) is 5.15 Å². The molecule has 1 saturated heterocycles. The lowest BCUT2D eigenvalue weighted by molar-refractivity contribution is 0.00763. The average molecular weight is 452 g/mol. The fraction of sp³-hybridized carbons (Fsp3) is 0.421. The van der Waals surface area contributed by atoms with Crippen molar-refractivity contribution in [2.75, 3.05) is 18.5 Å². The smallest absolute Gasteiger partial charge is 0.407 e. The molecule has 3 aromatic heterocycles.